The highest BCUT2D eigenvalue weighted by Crippen LogP contribution is 2.25. The molecule has 98 valence electrons. The number of ether oxygens (including phenoxy) is 2. The first kappa shape index (κ1) is 12.6. The molecule has 0 amide bonds. The van der Waals surface area contributed by atoms with E-state index in [0.29, 0.717) is 0 Å². The van der Waals surface area contributed by atoms with E-state index in [1.807, 2.05) is 6.92 Å². The van der Waals surface area contributed by atoms with Crippen molar-refractivity contribution in [1.29, 1.82) is 0 Å². The van der Waals surface area contributed by atoms with E-state index in [9.17, 15) is 9.59 Å². The first-order valence-corrected chi connectivity index (χ1v) is 5.73. The van der Waals surface area contributed by atoms with Crippen LogP contribution in [0.4, 0.5) is 0 Å². The molecule has 1 aromatic rings. The Morgan fingerprint density at radius 2 is 1.89 bits per heavy atom. The van der Waals surface area contributed by atoms with Gasteiger partial charge in [-0.3, -0.25) is 14.3 Å². The molecule has 1 aromatic heterocycles. The van der Waals surface area contributed by atoms with E-state index in [2.05, 4.69) is 5.10 Å². The number of aromatic nitrogens is 2. The van der Waals surface area contributed by atoms with E-state index >= 15 is 0 Å². The Balaban J connectivity index is 2.17. The minimum atomic E-state index is -1.17. The standard InChI is InChI=1S/C12H16N2O4/c1-7-8(6-14(4)13-7)5-9-10(15)17-12(2,3)18-11(9)16/h6,9H,5H2,1-4H3. The summed E-state index contributed by atoms with van der Waals surface area (Å²) in [6.07, 6.45) is 2.04. The first-order chi connectivity index (χ1) is 8.28. The maximum atomic E-state index is 11.8. The zero-order chi connectivity index (χ0) is 13.5. The van der Waals surface area contributed by atoms with E-state index in [1.165, 1.54) is 13.8 Å². The molecule has 6 heteroatoms. The summed E-state index contributed by atoms with van der Waals surface area (Å²) in [4.78, 5) is 23.6. The van der Waals surface area contributed by atoms with Crippen LogP contribution in [0.15, 0.2) is 6.20 Å². The maximum absolute atomic E-state index is 11.8. The Labute approximate surface area is 105 Å². The summed E-state index contributed by atoms with van der Waals surface area (Å²) in [5, 5.41) is 4.17. The van der Waals surface area contributed by atoms with Gasteiger partial charge >= 0.3 is 11.9 Å². The SMILES string of the molecule is Cc1nn(C)cc1CC1C(=O)OC(C)(C)OC1=O. The van der Waals surface area contributed by atoms with Gasteiger partial charge in [-0.2, -0.15) is 5.10 Å². The quantitative estimate of drug-likeness (QED) is 0.573. The largest absolute Gasteiger partial charge is 0.422 e. The van der Waals surface area contributed by atoms with Gasteiger partial charge < -0.3 is 9.47 Å². The highest BCUT2D eigenvalue weighted by Gasteiger charge is 2.43. The molecule has 0 aromatic carbocycles. The normalized spacial score (nSPS) is 19.6. The monoisotopic (exact) mass is 252 g/mol. The Morgan fingerprint density at radius 3 is 2.33 bits per heavy atom. The molecule has 1 aliphatic rings. The van der Waals surface area contributed by atoms with Crippen molar-refractivity contribution >= 4 is 11.9 Å². The lowest BCUT2D eigenvalue weighted by Crippen LogP contribution is -2.47. The van der Waals surface area contributed by atoms with Crippen LogP contribution in [0.2, 0.25) is 0 Å². The minimum Gasteiger partial charge on any atom is -0.422 e. The number of nitrogens with zero attached hydrogens (tertiary/aromatic N) is 2. The molecule has 0 radical (unpaired) electrons. The number of rotatable bonds is 2. The van der Waals surface area contributed by atoms with Gasteiger partial charge in [0.25, 0.3) is 5.79 Å². The van der Waals surface area contributed by atoms with Gasteiger partial charge in [-0.05, 0) is 18.9 Å². The molecule has 0 unspecified atom stereocenters. The molecule has 1 saturated heterocycles. The van der Waals surface area contributed by atoms with Crippen LogP contribution in [0.25, 0.3) is 0 Å². The Hall–Kier alpha value is -1.85. The fourth-order valence-electron chi connectivity index (χ4n) is 1.98. The molecule has 18 heavy (non-hydrogen) atoms. The van der Waals surface area contributed by atoms with Crippen molar-refractivity contribution in [2.45, 2.75) is 33.0 Å². The van der Waals surface area contributed by atoms with E-state index < -0.39 is 23.6 Å². The summed E-state index contributed by atoms with van der Waals surface area (Å²) in [5.74, 6) is -3.16. The van der Waals surface area contributed by atoms with Crippen LogP contribution in [-0.4, -0.2) is 27.5 Å². The third-order valence-electron chi connectivity index (χ3n) is 2.80. The zero-order valence-electron chi connectivity index (χ0n) is 10.9. The van der Waals surface area contributed by atoms with Crippen LogP contribution < -0.4 is 0 Å². The van der Waals surface area contributed by atoms with Crippen molar-refractivity contribution < 1.29 is 19.1 Å². The average molecular weight is 252 g/mol. The topological polar surface area (TPSA) is 70.4 Å². The second-order valence-electron chi connectivity index (χ2n) is 4.91. The molecule has 2 heterocycles. The molecule has 2 rings (SSSR count). The third kappa shape index (κ3) is 2.37. The molecule has 0 atom stereocenters. The second kappa shape index (κ2) is 4.12. The Morgan fingerprint density at radius 1 is 1.33 bits per heavy atom. The molecular weight excluding hydrogens is 236 g/mol. The van der Waals surface area contributed by atoms with Crippen molar-refractivity contribution in [3.8, 4) is 0 Å². The van der Waals surface area contributed by atoms with Gasteiger partial charge in [0.15, 0.2) is 5.92 Å². The van der Waals surface area contributed by atoms with Crippen LogP contribution in [0.5, 0.6) is 0 Å². The van der Waals surface area contributed by atoms with E-state index in [-0.39, 0.29) is 6.42 Å². The molecule has 6 nitrogen and oxygen atoms in total. The molecule has 0 N–H and O–H groups in total. The summed E-state index contributed by atoms with van der Waals surface area (Å²) in [7, 11) is 1.79. The molecule has 1 fully saturated rings. The molecular formula is C12H16N2O4. The Bertz CT molecular complexity index is 484. The zero-order valence-corrected chi connectivity index (χ0v) is 10.9. The van der Waals surface area contributed by atoms with E-state index in [4.69, 9.17) is 9.47 Å². The summed E-state index contributed by atoms with van der Waals surface area (Å²) in [5.41, 5.74) is 1.64. The number of hydrogen-bond donors (Lipinski definition) is 0. The van der Waals surface area contributed by atoms with E-state index in [1.54, 1.807) is 17.9 Å². The third-order valence-corrected chi connectivity index (χ3v) is 2.80. The molecule has 0 spiro atoms. The van der Waals surface area contributed by atoms with Crippen LogP contribution in [-0.2, 0) is 32.5 Å². The van der Waals surface area contributed by atoms with Gasteiger partial charge in [-0.1, -0.05) is 0 Å². The van der Waals surface area contributed by atoms with Gasteiger partial charge in [0.1, 0.15) is 0 Å². The Kier molecular flexibility index (Phi) is 2.88. The van der Waals surface area contributed by atoms with Gasteiger partial charge in [0.2, 0.25) is 0 Å². The van der Waals surface area contributed by atoms with Crippen LogP contribution in [0.3, 0.4) is 0 Å². The van der Waals surface area contributed by atoms with Crippen molar-refractivity contribution in [1.82, 2.24) is 9.78 Å². The van der Waals surface area contributed by atoms with Gasteiger partial charge in [0.05, 0.1) is 5.69 Å². The summed E-state index contributed by atoms with van der Waals surface area (Å²) in [6.45, 7) is 4.90. The van der Waals surface area contributed by atoms with E-state index in [0.717, 1.165) is 11.3 Å². The smallest absolute Gasteiger partial charge is 0.323 e. The molecule has 1 aliphatic heterocycles. The number of carbonyl (C=O) groups is 2. The number of carbonyl (C=O) groups excluding carboxylic acids is 2. The molecule has 0 saturated carbocycles. The number of aryl methyl sites for hydroxylation is 2. The van der Waals surface area contributed by atoms with Crippen molar-refractivity contribution in [2.24, 2.45) is 13.0 Å². The predicted molar refractivity (Wildman–Crippen MR) is 61.4 cm³/mol. The molecule has 0 aliphatic carbocycles. The lowest BCUT2D eigenvalue weighted by Gasteiger charge is -2.32. The minimum absolute atomic E-state index is 0.257. The van der Waals surface area contributed by atoms with Crippen LogP contribution >= 0.6 is 0 Å². The van der Waals surface area contributed by atoms with Crippen LogP contribution in [0.1, 0.15) is 25.1 Å². The van der Waals surface area contributed by atoms with Crippen LogP contribution in [0, 0.1) is 12.8 Å². The highest BCUT2D eigenvalue weighted by atomic mass is 16.7. The van der Waals surface area contributed by atoms with Crippen molar-refractivity contribution in [3.05, 3.63) is 17.5 Å². The van der Waals surface area contributed by atoms with Crippen molar-refractivity contribution in [2.75, 3.05) is 0 Å². The molecule has 0 bridgehead atoms. The number of cyclic esters (lactones) is 2. The lowest BCUT2D eigenvalue weighted by atomic mass is 9.99. The highest BCUT2D eigenvalue weighted by molar-refractivity contribution is 5.96. The summed E-state index contributed by atoms with van der Waals surface area (Å²) < 4.78 is 11.8. The predicted octanol–water partition coefficient (Wildman–Crippen LogP) is 0.723. The first-order valence-electron chi connectivity index (χ1n) is 5.73. The van der Waals surface area contributed by atoms with Gasteiger partial charge in [-0.15, -0.1) is 0 Å². The average Bonchev–Trinajstić information content (AvgIpc) is 2.49. The second-order valence-corrected chi connectivity index (χ2v) is 4.91. The maximum Gasteiger partial charge on any atom is 0.323 e. The van der Waals surface area contributed by atoms with Crippen molar-refractivity contribution in [3.63, 3.8) is 0 Å². The van der Waals surface area contributed by atoms with Gasteiger partial charge in [-0.25, -0.2) is 0 Å². The number of hydrogen-bond acceptors (Lipinski definition) is 5. The summed E-state index contributed by atoms with van der Waals surface area (Å²) >= 11 is 0. The number of esters is 2. The fourth-order valence-corrected chi connectivity index (χ4v) is 1.98. The fraction of sp³-hybridized carbons (Fsp3) is 0.583. The van der Waals surface area contributed by atoms with Gasteiger partial charge in [0, 0.05) is 27.1 Å². The lowest BCUT2D eigenvalue weighted by molar-refractivity contribution is -0.239. The summed E-state index contributed by atoms with van der Waals surface area (Å²) in [6, 6.07) is 0.